The third kappa shape index (κ3) is 3.14. The highest BCUT2D eigenvalue weighted by Gasteiger charge is 2.35. The number of nitrogens with two attached hydrogens (primary N) is 2. The fourth-order valence-corrected chi connectivity index (χ4v) is 3.87. The van der Waals surface area contributed by atoms with Crippen molar-refractivity contribution in [3.63, 3.8) is 0 Å². The molecule has 6 N–H and O–H groups in total. The number of anilines is 1. The molecule has 0 saturated heterocycles. The quantitative estimate of drug-likeness (QED) is 0.556. The molecule has 0 fully saturated rings. The zero-order valence-electron chi connectivity index (χ0n) is 14.5. The van der Waals surface area contributed by atoms with Gasteiger partial charge in [0.05, 0.1) is 23.3 Å². The lowest BCUT2D eigenvalue weighted by molar-refractivity contribution is 0.697. The van der Waals surface area contributed by atoms with Crippen LogP contribution < -0.4 is 22.1 Å². The van der Waals surface area contributed by atoms with Crippen molar-refractivity contribution in [2.24, 2.45) is 10.7 Å². The molecule has 7 heteroatoms. The Kier molecular flexibility index (Phi) is 5.45. The van der Waals surface area contributed by atoms with E-state index >= 15 is 0 Å². The van der Waals surface area contributed by atoms with Crippen LogP contribution in [0.2, 0.25) is 0 Å². The van der Waals surface area contributed by atoms with Crippen molar-refractivity contribution < 1.29 is 0 Å². The molecule has 1 aromatic carbocycles. The summed E-state index contributed by atoms with van der Waals surface area (Å²) in [4.78, 5) is 4.36. The van der Waals surface area contributed by atoms with Gasteiger partial charge in [-0.2, -0.15) is 5.26 Å². The number of aliphatic imine (C=N–C) groups is 1. The number of nitrogens with one attached hydrogen (secondary N) is 2. The van der Waals surface area contributed by atoms with E-state index in [-0.39, 0.29) is 5.92 Å². The first-order valence-corrected chi connectivity index (χ1v) is 9.15. The van der Waals surface area contributed by atoms with Crippen molar-refractivity contribution in [3.8, 4) is 6.07 Å². The molecule has 26 heavy (non-hydrogen) atoms. The first kappa shape index (κ1) is 18.2. The predicted molar refractivity (Wildman–Crippen MR) is 108 cm³/mol. The van der Waals surface area contributed by atoms with Gasteiger partial charge in [-0.25, -0.2) is 0 Å². The number of rotatable bonds is 2. The van der Waals surface area contributed by atoms with E-state index in [1.807, 2.05) is 18.2 Å². The smallest absolute Gasteiger partial charge is 0.130 e. The van der Waals surface area contributed by atoms with E-state index < -0.39 is 0 Å². The minimum absolute atomic E-state index is 0.347. The maximum atomic E-state index is 10.0. The van der Waals surface area contributed by atoms with Crippen molar-refractivity contribution in [1.29, 1.82) is 5.26 Å². The van der Waals surface area contributed by atoms with Crippen LogP contribution >= 0.6 is 15.9 Å². The van der Waals surface area contributed by atoms with Gasteiger partial charge in [-0.05, 0) is 46.1 Å². The summed E-state index contributed by atoms with van der Waals surface area (Å²) in [5.74, 6) is 0.313. The Balaban J connectivity index is 2.27. The second-order valence-electron chi connectivity index (χ2n) is 6.10. The van der Waals surface area contributed by atoms with Gasteiger partial charge in [0.2, 0.25) is 0 Å². The molecule has 0 aliphatic carbocycles. The Bertz CT molecular complexity index is 888. The Morgan fingerprint density at radius 2 is 2.23 bits per heavy atom. The van der Waals surface area contributed by atoms with Crippen LogP contribution in [-0.4, -0.2) is 26.0 Å². The largest absolute Gasteiger partial charge is 0.404 e. The normalized spacial score (nSPS) is 23.6. The SMILES string of the molecule is CN=C1NC(C2=CCCNC2)=C(C#N)C(c2cccc(N)c2Br)/C1=C/N. The van der Waals surface area contributed by atoms with Crippen molar-refractivity contribution >= 4 is 27.5 Å². The second kappa shape index (κ2) is 7.77. The lowest BCUT2D eigenvalue weighted by atomic mass is 9.79. The molecule has 0 saturated carbocycles. The third-order valence-electron chi connectivity index (χ3n) is 4.63. The standard InChI is InChI=1S/C19H21BrN6/c1-24-19-14(9-22)16(12-5-2-6-15(23)17(12)20)13(8-21)18(26-19)11-4-3-7-25-10-11/h2,4-6,9,16,25H,3,7,10,22-23H2,1H3,(H,24,26)/b14-9-. The zero-order chi connectivity index (χ0) is 18.7. The van der Waals surface area contributed by atoms with Crippen molar-refractivity contribution in [2.75, 3.05) is 25.9 Å². The zero-order valence-corrected chi connectivity index (χ0v) is 16.1. The maximum Gasteiger partial charge on any atom is 0.130 e. The first-order chi connectivity index (χ1) is 12.6. The minimum atomic E-state index is -0.347. The van der Waals surface area contributed by atoms with E-state index in [4.69, 9.17) is 11.5 Å². The van der Waals surface area contributed by atoms with Crippen molar-refractivity contribution in [2.45, 2.75) is 12.3 Å². The number of nitrogen functional groups attached to an aromatic ring is 1. The molecule has 1 aromatic rings. The summed E-state index contributed by atoms with van der Waals surface area (Å²) in [6.07, 6.45) is 4.59. The summed E-state index contributed by atoms with van der Waals surface area (Å²) < 4.78 is 0.768. The van der Waals surface area contributed by atoms with E-state index in [9.17, 15) is 5.26 Å². The van der Waals surface area contributed by atoms with Gasteiger partial charge in [0.25, 0.3) is 0 Å². The molecular weight excluding hydrogens is 392 g/mol. The summed E-state index contributed by atoms with van der Waals surface area (Å²) in [7, 11) is 1.71. The molecular formula is C19H21BrN6. The van der Waals surface area contributed by atoms with Crippen LogP contribution in [0.1, 0.15) is 17.9 Å². The number of amidine groups is 1. The maximum absolute atomic E-state index is 10.0. The number of benzene rings is 1. The fourth-order valence-electron chi connectivity index (χ4n) is 3.38. The van der Waals surface area contributed by atoms with Crippen LogP contribution in [0.4, 0.5) is 5.69 Å². The first-order valence-electron chi connectivity index (χ1n) is 8.36. The molecule has 2 aliphatic heterocycles. The summed E-state index contributed by atoms with van der Waals surface area (Å²) in [6, 6.07) is 8.04. The van der Waals surface area contributed by atoms with Crippen LogP contribution in [0.25, 0.3) is 0 Å². The molecule has 2 aliphatic rings. The van der Waals surface area contributed by atoms with Gasteiger partial charge >= 0.3 is 0 Å². The number of nitrogens with zero attached hydrogens (tertiary/aromatic N) is 2. The summed E-state index contributed by atoms with van der Waals surface area (Å²) >= 11 is 3.57. The fraction of sp³-hybridized carbons (Fsp3) is 0.263. The summed E-state index contributed by atoms with van der Waals surface area (Å²) in [5, 5.41) is 16.7. The predicted octanol–water partition coefficient (Wildman–Crippen LogP) is 2.29. The molecule has 3 rings (SSSR count). The van der Waals surface area contributed by atoms with E-state index in [2.05, 4.69) is 43.7 Å². The van der Waals surface area contributed by atoms with Crippen LogP contribution in [-0.2, 0) is 0 Å². The van der Waals surface area contributed by atoms with Gasteiger partial charge in [-0.3, -0.25) is 4.99 Å². The number of nitriles is 1. The van der Waals surface area contributed by atoms with Gasteiger partial charge < -0.3 is 22.1 Å². The highest BCUT2D eigenvalue weighted by Crippen LogP contribution is 2.42. The van der Waals surface area contributed by atoms with E-state index in [1.54, 1.807) is 7.05 Å². The van der Waals surface area contributed by atoms with Gasteiger partial charge in [0.1, 0.15) is 5.84 Å². The highest BCUT2D eigenvalue weighted by atomic mass is 79.9. The number of allylic oxidation sites excluding steroid dienone is 1. The number of halogens is 1. The van der Waals surface area contributed by atoms with Gasteiger partial charge in [0, 0.05) is 35.5 Å². The van der Waals surface area contributed by atoms with Crippen LogP contribution in [0.15, 0.2) is 62.4 Å². The highest BCUT2D eigenvalue weighted by molar-refractivity contribution is 9.10. The molecule has 0 radical (unpaired) electrons. The van der Waals surface area contributed by atoms with Gasteiger partial charge in [-0.15, -0.1) is 0 Å². The monoisotopic (exact) mass is 412 g/mol. The summed E-state index contributed by atoms with van der Waals surface area (Å²) in [5.41, 5.74) is 16.7. The average molecular weight is 413 g/mol. The molecule has 1 atom stereocenters. The molecule has 0 aromatic heterocycles. The molecule has 134 valence electrons. The Morgan fingerprint density at radius 3 is 2.85 bits per heavy atom. The van der Waals surface area contributed by atoms with Crippen LogP contribution in [0.3, 0.4) is 0 Å². The number of hydrogen-bond acceptors (Lipinski definition) is 5. The molecule has 2 heterocycles. The number of hydrogen-bond donors (Lipinski definition) is 4. The van der Waals surface area contributed by atoms with Crippen LogP contribution in [0, 0.1) is 11.3 Å². The molecule has 0 spiro atoms. The van der Waals surface area contributed by atoms with E-state index in [0.29, 0.717) is 23.6 Å². The third-order valence-corrected chi connectivity index (χ3v) is 5.54. The van der Waals surface area contributed by atoms with Crippen molar-refractivity contribution in [1.82, 2.24) is 10.6 Å². The van der Waals surface area contributed by atoms with Gasteiger partial charge in [-0.1, -0.05) is 18.2 Å². The molecule has 0 bridgehead atoms. The molecule has 0 amide bonds. The average Bonchev–Trinajstić information content (AvgIpc) is 2.69. The lowest BCUT2D eigenvalue weighted by Crippen LogP contribution is -2.38. The summed E-state index contributed by atoms with van der Waals surface area (Å²) in [6.45, 7) is 1.64. The Hall–Kier alpha value is -2.56. The minimum Gasteiger partial charge on any atom is -0.404 e. The molecule has 1 unspecified atom stereocenters. The van der Waals surface area contributed by atoms with Crippen molar-refractivity contribution in [3.05, 3.63) is 62.9 Å². The Labute approximate surface area is 161 Å². The second-order valence-corrected chi connectivity index (χ2v) is 6.89. The van der Waals surface area contributed by atoms with Crippen LogP contribution in [0.5, 0.6) is 0 Å². The lowest BCUT2D eigenvalue weighted by Gasteiger charge is -2.32. The van der Waals surface area contributed by atoms with E-state index in [1.165, 1.54) is 6.20 Å². The van der Waals surface area contributed by atoms with Gasteiger partial charge in [0.15, 0.2) is 0 Å². The van der Waals surface area contributed by atoms with E-state index in [0.717, 1.165) is 39.8 Å². The Morgan fingerprint density at radius 1 is 1.42 bits per heavy atom. The molecule has 6 nitrogen and oxygen atoms in total. The topological polar surface area (TPSA) is 112 Å².